The summed E-state index contributed by atoms with van der Waals surface area (Å²) in [6, 6.07) is 4.84. The Balaban J connectivity index is 2.75. The van der Waals surface area contributed by atoms with E-state index in [-0.39, 0.29) is 5.56 Å². The number of hydrogen-bond acceptors (Lipinski definition) is 1. The summed E-state index contributed by atoms with van der Waals surface area (Å²) in [5.41, 5.74) is 3.09. The van der Waals surface area contributed by atoms with Crippen molar-refractivity contribution in [1.82, 2.24) is 0 Å². The van der Waals surface area contributed by atoms with Crippen LogP contribution in [0, 0.1) is 6.92 Å². The Morgan fingerprint density at radius 1 is 1.32 bits per heavy atom. The smallest absolute Gasteiger partial charge is 0.202 e. The molecule has 0 saturated heterocycles. The molecule has 3 heteroatoms. The number of halogens is 2. The average molecular weight is 282 g/mol. The molecule has 1 aromatic carbocycles. The minimum absolute atomic E-state index is 0.0654. The molecular formula is C16H20F2S. The molecule has 0 spiro atoms. The van der Waals surface area contributed by atoms with Crippen LogP contribution in [-0.4, -0.2) is 5.75 Å². The lowest BCUT2D eigenvalue weighted by Crippen LogP contribution is -2.08. The lowest BCUT2D eigenvalue weighted by Gasteiger charge is -2.14. The van der Waals surface area contributed by atoms with Crippen molar-refractivity contribution in [2.24, 2.45) is 0 Å². The van der Waals surface area contributed by atoms with E-state index < -0.39 is 5.92 Å². The molecule has 0 bridgehead atoms. The van der Waals surface area contributed by atoms with Crippen molar-refractivity contribution in [3.05, 3.63) is 58.5 Å². The van der Waals surface area contributed by atoms with Crippen molar-refractivity contribution in [2.75, 3.05) is 5.75 Å². The third-order valence-electron chi connectivity index (χ3n) is 2.81. The molecule has 1 rings (SSSR count). The highest BCUT2D eigenvalue weighted by atomic mass is 32.2. The molecule has 104 valence electrons. The largest absolute Gasteiger partial charge is 0.270 e. The maximum Gasteiger partial charge on any atom is 0.270 e. The van der Waals surface area contributed by atoms with Crippen molar-refractivity contribution in [3.63, 3.8) is 0 Å². The van der Waals surface area contributed by atoms with Crippen LogP contribution < -0.4 is 0 Å². The van der Waals surface area contributed by atoms with Crippen LogP contribution in [0.25, 0.3) is 0 Å². The van der Waals surface area contributed by atoms with Crippen LogP contribution in [0.4, 0.5) is 8.78 Å². The van der Waals surface area contributed by atoms with Gasteiger partial charge in [0.05, 0.1) is 0 Å². The van der Waals surface area contributed by atoms with E-state index in [9.17, 15) is 8.78 Å². The van der Waals surface area contributed by atoms with E-state index in [1.54, 1.807) is 23.9 Å². The molecule has 0 aliphatic rings. The van der Waals surface area contributed by atoms with E-state index in [4.69, 9.17) is 0 Å². The molecule has 0 unspecified atom stereocenters. The maximum absolute atomic E-state index is 13.2. The van der Waals surface area contributed by atoms with Crippen LogP contribution in [-0.2, 0) is 12.3 Å². The summed E-state index contributed by atoms with van der Waals surface area (Å²) in [7, 11) is 0. The molecule has 0 radical (unpaired) electrons. The van der Waals surface area contributed by atoms with E-state index in [0.29, 0.717) is 0 Å². The van der Waals surface area contributed by atoms with Gasteiger partial charge in [-0.15, -0.1) is 11.8 Å². The third-order valence-corrected chi connectivity index (χ3v) is 3.86. The van der Waals surface area contributed by atoms with E-state index in [1.807, 2.05) is 13.8 Å². The molecule has 0 nitrogen and oxygen atoms in total. The summed E-state index contributed by atoms with van der Waals surface area (Å²) in [4.78, 5) is 1.05. The molecule has 19 heavy (non-hydrogen) atoms. The molecule has 0 aliphatic heterocycles. The molecule has 0 N–H and O–H groups in total. The summed E-state index contributed by atoms with van der Waals surface area (Å²) >= 11 is 1.66. The number of rotatable bonds is 6. The maximum atomic E-state index is 13.2. The molecule has 0 fully saturated rings. The average Bonchev–Trinajstić information content (AvgIpc) is 2.27. The van der Waals surface area contributed by atoms with Gasteiger partial charge in [0.2, 0.25) is 0 Å². The standard InChI is InChI=1S/C16H20F2S/c1-11(2)19-10-12(3)8-14-6-7-15(9-13(14)4)16(5,17)18/h6-7,9H,1,3,8,10H2,2,4-5H3. The Kier molecular flexibility index (Phi) is 5.36. The predicted octanol–water partition coefficient (Wildman–Crippen LogP) is 5.47. The minimum Gasteiger partial charge on any atom is -0.202 e. The van der Waals surface area contributed by atoms with Crippen molar-refractivity contribution in [3.8, 4) is 0 Å². The van der Waals surface area contributed by atoms with Gasteiger partial charge >= 0.3 is 0 Å². The van der Waals surface area contributed by atoms with Gasteiger partial charge < -0.3 is 0 Å². The zero-order valence-corrected chi connectivity index (χ0v) is 12.5. The number of benzene rings is 1. The second-order valence-electron chi connectivity index (χ2n) is 4.95. The molecule has 0 saturated carbocycles. The first-order valence-corrected chi connectivity index (χ1v) is 7.11. The second-order valence-corrected chi connectivity index (χ2v) is 6.22. The van der Waals surface area contributed by atoms with Crippen molar-refractivity contribution >= 4 is 11.8 Å². The molecule has 0 amide bonds. The number of allylic oxidation sites excluding steroid dienone is 1. The van der Waals surface area contributed by atoms with Crippen LogP contribution in [0.1, 0.15) is 30.5 Å². The Bertz CT molecular complexity index is 484. The lowest BCUT2D eigenvalue weighted by atomic mass is 9.98. The molecule has 0 aliphatic carbocycles. The fourth-order valence-corrected chi connectivity index (χ4v) is 2.27. The summed E-state index contributed by atoms with van der Waals surface area (Å²) < 4.78 is 26.4. The molecular weight excluding hydrogens is 262 g/mol. The van der Waals surface area contributed by atoms with Crippen LogP contribution in [0.3, 0.4) is 0 Å². The first kappa shape index (κ1) is 16.0. The lowest BCUT2D eigenvalue weighted by molar-refractivity contribution is 0.0174. The topological polar surface area (TPSA) is 0 Å². The summed E-state index contributed by atoms with van der Waals surface area (Å²) in [5, 5.41) is 0. The van der Waals surface area contributed by atoms with Gasteiger partial charge in [-0.2, -0.15) is 0 Å². The van der Waals surface area contributed by atoms with E-state index in [2.05, 4.69) is 13.2 Å². The molecule has 0 aromatic heterocycles. The quantitative estimate of drug-likeness (QED) is 0.623. The second kappa shape index (κ2) is 6.38. The van der Waals surface area contributed by atoms with E-state index >= 15 is 0 Å². The van der Waals surface area contributed by atoms with Crippen LogP contribution >= 0.6 is 11.8 Å². The third kappa shape index (κ3) is 5.19. The zero-order chi connectivity index (χ0) is 14.6. The van der Waals surface area contributed by atoms with Gasteiger partial charge in [0.1, 0.15) is 0 Å². The Labute approximate surface area is 118 Å². The first-order chi connectivity index (χ1) is 8.70. The van der Waals surface area contributed by atoms with E-state index in [1.165, 1.54) is 6.07 Å². The van der Waals surface area contributed by atoms with Gasteiger partial charge in [-0.1, -0.05) is 30.9 Å². The van der Waals surface area contributed by atoms with Gasteiger partial charge in [0.15, 0.2) is 0 Å². The summed E-state index contributed by atoms with van der Waals surface area (Å²) in [6.07, 6.45) is 0.724. The summed E-state index contributed by atoms with van der Waals surface area (Å²) in [5.74, 6) is -1.96. The SMILES string of the molecule is C=C(CSC(=C)C)Cc1ccc(C(C)(F)F)cc1C. The number of aryl methyl sites for hydroxylation is 1. The van der Waals surface area contributed by atoms with Crippen LogP contribution in [0.5, 0.6) is 0 Å². The van der Waals surface area contributed by atoms with Gasteiger partial charge in [-0.3, -0.25) is 0 Å². The Morgan fingerprint density at radius 3 is 2.42 bits per heavy atom. The number of alkyl halides is 2. The zero-order valence-electron chi connectivity index (χ0n) is 11.7. The normalized spacial score (nSPS) is 11.4. The van der Waals surface area contributed by atoms with Crippen molar-refractivity contribution in [2.45, 2.75) is 33.1 Å². The Hall–Kier alpha value is -1.09. The highest BCUT2D eigenvalue weighted by molar-refractivity contribution is 8.03. The van der Waals surface area contributed by atoms with Gasteiger partial charge in [-0.05, 0) is 42.4 Å². The van der Waals surface area contributed by atoms with Crippen LogP contribution in [0.2, 0.25) is 0 Å². The monoisotopic (exact) mass is 282 g/mol. The number of hydrogen-bond donors (Lipinski definition) is 0. The van der Waals surface area contributed by atoms with E-state index in [0.717, 1.165) is 40.7 Å². The fraction of sp³-hybridized carbons (Fsp3) is 0.375. The van der Waals surface area contributed by atoms with Gasteiger partial charge in [0.25, 0.3) is 5.92 Å². The van der Waals surface area contributed by atoms with Crippen molar-refractivity contribution < 1.29 is 8.78 Å². The van der Waals surface area contributed by atoms with Gasteiger partial charge in [0, 0.05) is 18.2 Å². The first-order valence-electron chi connectivity index (χ1n) is 6.13. The molecule has 1 aromatic rings. The van der Waals surface area contributed by atoms with Gasteiger partial charge in [-0.25, -0.2) is 8.78 Å². The predicted molar refractivity (Wildman–Crippen MR) is 80.9 cm³/mol. The minimum atomic E-state index is -2.78. The fourth-order valence-electron chi connectivity index (χ4n) is 1.71. The highest BCUT2D eigenvalue weighted by Gasteiger charge is 2.24. The highest BCUT2D eigenvalue weighted by Crippen LogP contribution is 2.29. The Morgan fingerprint density at radius 2 is 1.95 bits per heavy atom. The molecule has 0 atom stereocenters. The molecule has 0 heterocycles. The summed E-state index contributed by atoms with van der Waals surface area (Å²) in [6.45, 7) is 12.6. The number of thioether (sulfide) groups is 1. The van der Waals surface area contributed by atoms with Crippen LogP contribution in [0.15, 0.2) is 41.8 Å². The van der Waals surface area contributed by atoms with Crippen molar-refractivity contribution in [1.29, 1.82) is 0 Å².